The third kappa shape index (κ3) is 4.88. The van der Waals surface area contributed by atoms with Crippen LogP contribution in [0.4, 0.5) is 5.69 Å². The molecule has 0 fully saturated rings. The van der Waals surface area contributed by atoms with Crippen LogP contribution < -0.4 is 19.5 Å². The summed E-state index contributed by atoms with van der Waals surface area (Å²) in [5.41, 5.74) is 1.52. The zero-order chi connectivity index (χ0) is 20.8. The van der Waals surface area contributed by atoms with Gasteiger partial charge in [-0.3, -0.25) is 4.79 Å². The number of carbonyl (C=O) groups is 2. The molecular formula is C19H19BrClNO6. The van der Waals surface area contributed by atoms with Gasteiger partial charge < -0.3 is 24.3 Å². The molecule has 2 rings (SSSR count). The zero-order valence-corrected chi connectivity index (χ0v) is 18.1. The molecule has 0 radical (unpaired) electrons. The topological polar surface area (TPSA) is 83.1 Å². The molecule has 28 heavy (non-hydrogen) atoms. The first-order valence-electron chi connectivity index (χ1n) is 8.04. The van der Waals surface area contributed by atoms with Gasteiger partial charge in [0, 0.05) is 10.7 Å². The lowest BCUT2D eigenvalue weighted by Crippen LogP contribution is -2.21. The van der Waals surface area contributed by atoms with Crippen LogP contribution in [-0.4, -0.2) is 39.8 Å². The number of amides is 1. The Morgan fingerprint density at radius 2 is 1.75 bits per heavy atom. The van der Waals surface area contributed by atoms with Crippen LogP contribution in [0.1, 0.15) is 15.9 Å². The fourth-order valence-corrected chi connectivity index (χ4v) is 3.14. The summed E-state index contributed by atoms with van der Waals surface area (Å²) in [6, 6.07) is 6.53. The lowest BCUT2D eigenvalue weighted by Gasteiger charge is -2.16. The van der Waals surface area contributed by atoms with Gasteiger partial charge in [0.2, 0.25) is 5.75 Å². The van der Waals surface area contributed by atoms with Gasteiger partial charge in [0.25, 0.3) is 5.91 Å². The van der Waals surface area contributed by atoms with E-state index >= 15 is 0 Å². The predicted octanol–water partition coefficient (Wildman–Crippen LogP) is 4.23. The van der Waals surface area contributed by atoms with Gasteiger partial charge in [-0.2, -0.15) is 0 Å². The van der Waals surface area contributed by atoms with Crippen LogP contribution in [0.25, 0.3) is 0 Å². The Hall–Kier alpha value is -2.45. The van der Waals surface area contributed by atoms with E-state index in [1.54, 1.807) is 18.2 Å². The maximum atomic E-state index is 12.5. The van der Waals surface area contributed by atoms with Gasteiger partial charge in [0.05, 0.1) is 31.4 Å². The van der Waals surface area contributed by atoms with Crippen molar-refractivity contribution < 1.29 is 28.5 Å². The molecule has 0 bridgehead atoms. The number of carbonyl (C=O) groups excluding carboxylic acids is 2. The molecule has 0 atom stereocenters. The average Bonchev–Trinajstić information content (AvgIpc) is 2.68. The van der Waals surface area contributed by atoms with Gasteiger partial charge in [-0.25, -0.2) is 4.79 Å². The van der Waals surface area contributed by atoms with Gasteiger partial charge in [-0.05, 0) is 46.6 Å². The summed E-state index contributed by atoms with van der Waals surface area (Å²) >= 11 is 9.32. The first kappa shape index (κ1) is 21.8. The molecule has 0 saturated carbocycles. The molecule has 0 aliphatic heterocycles. The number of esters is 1. The second kappa shape index (κ2) is 9.66. The first-order chi connectivity index (χ1) is 13.3. The van der Waals surface area contributed by atoms with Crippen molar-refractivity contribution in [2.24, 2.45) is 0 Å². The zero-order valence-electron chi connectivity index (χ0n) is 15.7. The van der Waals surface area contributed by atoms with E-state index in [-0.39, 0.29) is 17.1 Å². The number of anilines is 1. The summed E-state index contributed by atoms with van der Waals surface area (Å²) in [6.45, 7) is 1.37. The molecule has 0 spiro atoms. The molecule has 0 aliphatic rings. The summed E-state index contributed by atoms with van der Waals surface area (Å²) in [5.74, 6) is -0.358. The van der Waals surface area contributed by atoms with E-state index in [0.717, 1.165) is 5.56 Å². The van der Waals surface area contributed by atoms with Crippen LogP contribution in [-0.2, 0) is 9.53 Å². The Morgan fingerprint density at radius 1 is 1.07 bits per heavy atom. The van der Waals surface area contributed by atoms with E-state index in [2.05, 4.69) is 21.2 Å². The number of benzene rings is 2. The standard InChI is InChI=1S/C19H19BrClNO6/c1-10-5-6-11(7-13(10)21)22-15(23)9-28-19(24)12-8-14(25-2)17(26-3)18(27-4)16(12)20/h5-8H,9H2,1-4H3,(H,22,23). The fraction of sp³-hybridized carbons (Fsp3) is 0.263. The van der Waals surface area contributed by atoms with Crippen LogP contribution in [0.2, 0.25) is 5.02 Å². The first-order valence-corrected chi connectivity index (χ1v) is 9.21. The Bertz CT molecular complexity index is 902. The van der Waals surface area contributed by atoms with Crippen molar-refractivity contribution in [1.29, 1.82) is 0 Å². The Labute approximate surface area is 176 Å². The Morgan fingerprint density at radius 3 is 2.32 bits per heavy atom. The smallest absolute Gasteiger partial charge is 0.340 e. The summed E-state index contributed by atoms with van der Waals surface area (Å²) in [5, 5.41) is 3.14. The Kier molecular flexibility index (Phi) is 7.53. The van der Waals surface area contributed by atoms with Gasteiger partial charge in [0.1, 0.15) is 0 Å². The molecule has 150 valence electrons. The van der Waals surface area contributed by atoms with Crippen molar-refractivity contribution in [1.82, 2.24) is 0 Å². The fourth-order valence-electron chi connectivity index (χ4n) is 2.35. The monoisotopic (exact) mass is 471 g/mol. The highest BCUT2D eigenvalue weighted by molar-refractivity contribution is 9.10. The van der Waals surface area contributed by atoms with E-state index in [9.17, 15) is 9.59 Å². The highest BCUT2D eigenvalue weighted by atomic mass is 79.9. The van der Waals surface area contributed by atoms with Gasteiger partial charge >= 0.3 is 5.97 Å². The van der Waals surface area contributed by atoms with Crippen molar-refractivity contribution >= 4 is 45.1 Å². The average molecular weight is 473 g/mol. The number of hydrogen-bond donors (Lipinski definition) is 1. The van der Waals surface area contributed by atoms with Crippen LogP contribution in [0.3, 0.4) is 0 Å². The largest absolute Gasteiger partial charge is 0.493 e. The van der Waals surface area contributed by atoms with E-state index in [0.29, 0.717) is 20.9 Å². The van der Waals surface area contributed by atoms with Crippen LogP contribution in [0.5, 0.6) is 17.2 Å². The number of nitrogens with one attached hydrogen (secondary N) is 1. The number of aryl methyl sites for hydroxylation is 1. The molecular weight excluding hydrogens is 454 g/mol. The maximum absolute atomic E-state index is 12.5. The van der Waals surface area contributed by atoms with Crippen LogP contribution >= 0.6 is 27.5 Å². The third-order valence-electron chi connectivity index (χ3n) is 3.78. The molecule has 0 aliphatic carbocycles. The highest BCUT2D eigenvalue weighted by Crippen LogP contribution is 2.44. The number of halogens is 2. The van der Waals surface area contributed by atoms with Gasteiger partial charge in [-0.15, -0.1) is 0 Å². The molecule has 1 N–H and O–H groups in total. The number of rotatable bonds is 7. The second-order valence-corrected chi connectivity index (χ2v) is 6.80. The molecule has 1 amide bonds. The Balaban J connectivity index is 2.12. The third-order valence-corrected chi connectivity index (χ3v) is 4.97. The van der Waals surface area contributed by atoms with Gasteiger partial charge in [0.15, 0.2) is 18.1 Å². The van der Waals surface area contributed by atoms with Crippen LogP contribution in [0.15, 0.2) is 28.7 Å². The molecule has 2 aromatic carbocycles. The quantitative estimate of drug-likeness (QED) is 0.607. The van der Waals surface area contributed by atoms with Crippen molar-refractivity contribution in [2.75, 3.05) is 33.3 Å². The van der Waals surface area contributed by atoms with Crippen molar-refractivity contribution in [2.45, 2.75) is 6.92 Å². The number of hydrogen-bond acceptors (Lipinski definition) is 6. The molecule has 9 heteroatoms. The molecule has 7 nitrogen and oxygen atoms in total. The van der Waals surface area contributed by atoms with E-state index in [1.165, 1.54) is 27.4 Å². The normalized spacial score (nSPS) is 10.2. The maximum Gasteiger partial charge on any atom is 0.340 e. The predicted molar refractivity (Wildman–Crippen MR) is 109 cm³/mol. The summed E-state index contributed by atoms with van der Waals surface area (Å²) in [6.07, 6.45) is 0. The highest BCUT2D eigenvalue weighted by Gasteiger charge is 2.24. The summed E-state index contributed by atoms with van der Waals surface area (Å²) in [7, 11) is 4.31. The van der Waals surface area contributed by atoms with Crippen LogP contribution in [0, 0.1) is 6.92 Å². The molecule has 0 saturated heterocycles. The summed E-state index contributed by atoms with van der Waals surface area (Å²) in [4.78, 5) is 24.5. The van der Waals surface area contributed by atoms with E-state index < -0.39 is 18.5 Å². The molecule has 0 unspecified atom stereocenters. The lowest BCUT2D eigenvalue weighted by atomic mass is 10.2. The molecule has 0 heterocycles. The minimum atomic E-state index is -0.733. The number of ether oxygens (including phenoxy) is 4. The van der Waals surface area contributed by atoms with E-state index in [1.807, 2.05) is 6.92 Å². The molecule has 0 aromatic heterocycles. The van der Waals surface area contributed by atoms with E-state index in [4.69, 9.17) is 30.5 Å². The number of methoxy groups -OCH3 is 3. The summed E-state index contributed by atoms with van der Waals surface area (Å²) < 4.78 is 21.2. The molecule has 2 aromatic rings. The SMILES string of the molecule is COc1cc(C(=O)OCC(=O)Nc2ccc(C)c(Cl)c2)c(Br)c(OC)c1OC. The minimum absolute atomic E-state index is 0.126. The van der Waals surface area contributed by atoms with Crippen molar-refractivity contribution in [3.05, 3.63) is 44.9 Å². The lowest BCUT2D eigenvalue weighted by molar-refractivity contribution is -0.119. The minimum Gasteiger partial charge on any atom is -0.493 e. The van der Waals surface area contributed by atoms with Crippen molar-refractivity contribution in [3.8, 4) is 17.2 Å². The second-order valence-electron chi connectivity index (χ2n) is 5.60. The van der Waals surface area contributed by atoms with Crippen molar-refractivity contribution in [3.63, 3.8) is 0 Å². The van der Waals surface area contributed by atoms with Gasteiger partial charge in [-0.1, -0.05) is 17.7 Å².